The second-order valence-electron chi connectivity index (χ2n) is 4.26. The lowest BCUT2D eigenvalue weighted by molar-refractivity contribution is -0.115. The van der Waals surface area contributed by atoms with Crippen LogP contribution in [0.3, 0.4) is 0 Å². The van der Waals surface area contributed by atoms with E-state index >= 15 is 0 Å². The van der Waals surface area contributed by atoms with Crippen LogP contribution in [-0.4, -0.2) is 30.0 Å². The Morgan fingerprint density at radius 2 is 2.10 bits per heavy atom. The van der Waals surface area contributed by atoms with Crippen LogP contribution in [0.4, 0.5) is 5.69 Å². The summed E-state index contributed by atoms with van der Waals surface area (Å²) in [6, 6.07) is 3.56. The number of hydrogen-bond acceptors (Lipinski definition) is 4. The van der Waals surface area contributed by atoms with E-state index in [-0.39, 0.29) is 11.2 Å². The summed E-state index contributed by atoms with van der Waals surface area (Å²) in [5, 5.41) is 2.59. The predicted octanol–water partition coefficient (Wildman–Crippen LogP) is 3.62. The molecule has 0 heterocycles. The molecule has 20 heavy (non-hydrogen) atoms. The van der Waals surface area contributed by atoms with Crippen molar-refractivity contribution >= 4 is 45.3 Å². The summed E-state index contributed by atoms with van der Waals surface area (Å²) < 4.78 is 5.70. The van der Waals surface area contributed by atoms with Gasteiger partial charge in [0.15, 0.2) is 0 Å². The lowest BCUT2D eigenvalue weighted by atomic mass is 10.1. The van der Waals surface area contributed by atoms with Crippen LogP contribution in [0.25, 0.3) is 0 Å². The summed E-state index contributed by atoms with van der Waals surface area (Å²) in [7, 11) is 0. The molecule has 0 aliphatic heterocycles. The van der Waals surface area contributed by atoms with Crippen molar-refractivity contribution in [3.8, 4) is 0 Å². The molecule has 1 atom stereocenters. The number of rotatable bonds is 5. The van der Waals surface area contributed by atoms with Crippen molar-refractivity contribution in [2.45, 2.75) is 26.0 Å². The first-order valence-electron chi connectivity index (χ1n) is 6.21. The van der Waals surface area contributed by atoms with E-state index in [2.05, 4.69) is 21.2 Å². The number of nitrogens with one attached hydrogen (secondary N) is 1. The van der Waals surface area contributed by atoms with Crippen molar-refractivity contribution in [3.05, 3.63) is 27.7 Å². The zero-order valence-electron chi connectivity index (χ0n) is 12.0. The van der Waals surface area contributed by atoms with Crippen molar-refractivity contribution in [1.82, 2.24) is 0 Å². The fraction of sp³-hybridized carbons (Fsp3) is 0.429. The highest BCUT2D eigenvalue weighted by Crippen LogP contribution is 2.29. The van der Waals surface area contributed by atoms with Crippen molar-refractivity contribution < 1.29 is 14.3 Å². The number of ether oxygens (including phenoxy) is 1. The van der Waals surface area contributed by atoms with Gasteiger partial charge in [0.25, 0.3) is 0 Å². The predicted molar refractivity (Wildman–Crippen MR) is 86.4 cm³/mol. The Kier molecular flexibility index (Phi) is 6.55. The normalized spacial score (nSPS) is 11.8. The standard InChI is InChI=1S/C14H18BrNO3S/c1-5-19-14(18)10-6-8(2)7-11(15)12(10)16-13(17)9(3)20-4/h6-7,9H,5H2,1-4H3,(H,16,17)/t9-/m0/s1. The van der Waals surface area contributed by atoms with Gasteiger partial charge in [0, 0.05) is 4.47 Å². The maximum Gasteiger partial charge on any atom is 0.340 e. The SMILES string of the molecule is CCOC(=O)c1cc(C)cc(Br)c1NC(=O)[C@H](C)SC. The molecule has 1 N–H and O–H groups in total. The van der Waals surface area contributed by atoms with Crippen LogP contribution >= 0.6 is 27.7 Å². The third-order valence-corrected chi connectivity index (χ3v) is 4.25. The van der Waals surface area contributed by atoms with Gasteiger partial charge in [-0.15, -0.1) is 0 Å². The molecule has 0 spiro atoms. The number of anilines is 1. The average Bonchev–Trinajstić information content (AvgIpc) is 2.40. The van der Waals surface area contributed by atoms with E-state index in [1.165, 1.54) is 11.8 Å². The first-order valence-corrected chi connectivity index (χ1v) is 8.29. The summed E-state index contributed by atoms with van der Waals surface area (Å²) in [5.74, 6) is -0.586. The lowest BCUT2D eigenvalue weighted by Gasteiger charge is -2.15. The molecule has 1 aromatic rings. The van der Waals surface area contributed by atoms with Crippen molar-refractivity contribution in [1.29, 1.82) is 0 Å². The minimum absolute atomic E-state index is 0.146. The molecule has 0 radical (unpaired) electrons. The van der Waals surface area contributed by atoms with Gasteiger partial charge in [-0.1, -0.05) is 0 Å². The van der Waals surface area contributed by atoms with E-state index in [0.29, 0.717) is 22.3 Å². The Morgan fingerprint density at radius 1 is 1.45 bits per heavy atom. The summed E-state index contributed by atoms with van der Waals surface area (Å²) in [6.07, 6.45) is 1.86. The molecule has 0 saturated heterocycles. The number of carbonyl (C=O) groups excluding carboxylic acids is 2. The van der Waals surface area contributed by atoms with E-state index in [0.717, 1.165) is 5.56 Å². The molecule has 0 aromatic heterocycles. The summed E-state index contributed by atoms with van der Waals surface area (Å²) >= 11 is 4.83. The molecule has 1 aromatic carbocycles. The van der Waals surface area contributed by atoms with Crippen LogP contribution < -0.4 is 5.32 Å². The number of thioether (sulfide) groups is 1. The molecule has 0 bridgehead atoms. The molecule has 4 nitrogen and oxygen atoms in total. The van der Waals surface area contributed by atoms with Crippen LogP contribution in [0, 0.1) is 6.92 Å². The maximum atomic E-state index is 12.0. The Hall–Kier alpha value is -1.01. The third-order valence-electron chi connectivity index (χ3n) is 2.70. The molecule has 110 valence electrons. The largest absolute Gasteiger partial charge is 0.462 e. The summed E-state index contributed by atoms with van der Waals surface area (Å²) in [6.45, 7) is 5.73. The van der Waals surface area contributed by atoms with Crippen molar-refractivity contribution in [2.24, 2.45) is 0 Å². The minimum Gasteiger partial charge on any atom is -0.462 e. The Labute approximate surface area is 131 Å². The summed E-state index contributed by atoms with van der Waals surface area (Å²) in [4.78, 5) is 24.0. The van der Waals surface area contributed by atoms with Gasteiger partial charge in [0.2, 0.25) is 5.91 Å². The van der Waals surface area contributed by atoms with E-state index in [1.54, 1.807) is 13.0 Å². The quantitative estimate of drug-likeness (QED) is 0.815. The van der Waals surface area contributed by atoms with Crippen LogP contribution in [0.1, 0.15) is 29.8 Å². The van der Waals surface area contributed by atoms with Gasteiger partial charge in [-0.05, 0) is 60.7 Å². The highest BCUT2D eigenvalue weighted by Gasteiger charge is 2.20. The van der Waals surface area contributed by atoms with Gasteiger partial charge in [0.1, 0.15) is 0 Å². The van der Waals surface area contributed by atoms with Crippen molar-refractivity contribution in [2.75, 3.05) is 18.2 Å². The van der Waals surface area contributed by atoms with E-state index in [4.69, 9.17) is 4.74 Å². The van der Waals surface area contributed by atoms with Gasteiger partial charge in [0.05, 0.1) is 23.1 Å². The number of halogens is 1. The molecular formula is C14H18BrNO3S. The van der Waals surface area contributed by atoms with Gasteiger partial charge in [-0.25, -0.2) is 4.79 Å². The zero-order chi connectivity index (χ0) is 15.3. The molecule has 1 amide bonds. The topological polar surface area (TPSA) is 55.4 Å². The monoisotopic (exact) mass is 359 g/mol. The number of aryl methyl sites for hydroxylation is 1. The number of amides is 1. The minimum atomic E-state index is -0.441. The van der Waals surface area contributed by atoms with Crippen LogP contribution in [-0.2, 0) is 9.53 Å². The first kappa shape index (κ1) is 17.0. The van der Waals surface area contributed by atoms with Gasteiger partial charge in [-0.3, -0.25) is 4.79 Å². The molecule has 0 aliphatic rings. The Morgan fingerprint density at radius 3 is 2.65 bits per heavy atom. The maximum absolute atomic E-state index is 12.0. The fourth-order valence-corrected chi connectivity index (χ4v) is 2.52. The Balaban J connectivity index is 3.16. The summed E-state index contributed by atoms with van der Waals surface area (Å²) in [5.41, 5.74) is 1.73. The highest BCUT2D eigenvalue weighted by atomic mass is 79.9. The highest BCUT2D eigenvalue weighted by molar-refractivity contribution is 9.10. The van der Waals surface area contributed by atoms with Crippen LogP contribution in [0.2, 0.25) is 0 Å². The van der Waals surface area contributed by atoms with Crippen LogP contribution in [0.5, 0.6) is 0 Å². The molecule has 0 unspecified atom stereocenters. The smallest absolute Gasteiger partial charge is 0.340 e. The Bertz CT molecular complexity index is 519. The van der Waals surface area contributed by atoms with E-state index < -0.39 is 5.97 Å². The molecule has 1 rings (SSSR count). The second-order valence-corrected chi connectivity index (χ2v) is 6.29. The average molecular weight is 360 g/mol. The van der Waals surface area contributed by atoms with E-state index in [9.17, 15) is 9.59 Å². The molecule has 0 fully saturated rings. The molecule has 0 saturated carbocycles. The number of carbonyl (C=O) groups is 2. The van der Waals surface area contributed by atoms with Gasteiger partial charge in [-0.2, -0.15) is 11.8 Å². The van der Waals surface area contributed by atoms with E-state index in [1.807, 2.05) is 26.2 Å². The molecule has 0 aliphatic carbocycles. The second kappa shape index (κ2) is 7.69. The lowest BCUT2D eigenvalue weighted by Crippen LogP contribution is -2.24. The van der Waals surface area contributed by atoms with Crippen LogP contribution in [0.15, 0.2) is 16.6 Å². The molecule has 6 heteroatoms. The fourth-order valence-electron chi connectivity index (χ4n) is 1.57. The first-order chi connectivity index (χ1) is 9.40. The van der Waals surface area contributed by atoms with Gasteiger partial charge < -0.3 is 10.1 Å². The number of esters is 1. The third kappa shape index (κ3) is 4.24. The molecular weight excluding hydrogens is 342 g/mol. The van der Waals surface area contributed by atoms with Crippen molar-refractivity contribution in [3.63, 3.8) is 0 Å². The number of hydrogen-bond donors (Lipinski definition) is 1. The zero-order valence-corrected chi connectivity index (χ0v) is 14.4. The van der Waals surface area contributed by atoms with Gasteiger partial charge >= 0.3 is 5.97 Å². The number of benzene rings is 1.